The molecule has 2 saturated heterocycles. The molecule has 3 rings (SSSR count). The van der Waals surface area contributed by atoms with E-state index in [9.17, 15) is 59.1 Å². The summed E-state index contributed by atoms with van der Waals surface area (Å²) in [5.74, 6) is -2.61. The maximum atomic E-state index is 12.2. The predicted molar refractivity (Wildman–Crippen MR) is 98.4 cm³/mol. The Morgan fingerprint density at radius 2 is 1.62 bits per heavy atom. The molecule has 1 aromatic rings. The molecule has 2 aliphatic rings. The lowest BCUT2D eigenvalue weighted by atomic mass is 10.1. The molecule has 18 nitrogen and oxygen atoms in total. The van der Waals surface area contributed by atoms with Gasteiger partial charge in [-0.3, -0.25) is 23.2 Å². The number of hydrogen-bond donors (Lipinski definition) is 7. The molecule has 0 aromatic carbocycles. The molecule has 0 aliphatic carbocycles. The molecular formula is C14H20N2O16P2-2. The predicted octanol–water partition coefficient (Wildman–Crippen LogP) is -6.03. The van der Waals surface area contributed by atoms with Crippen molar-refractivity contribution in [1.82, 2.24) is 9.55 Å². The second kappa shape index (κ2) is 9.96. The number of rotatable bonds is 7. The number of phosphoric ester groups is 1. The van der Waals surface area contributed by atoms with Gasteiger partial charge in [0.25, 0.3) is 13.4 Å². The third kappa shape index (κ3) is 5.56. The molecule has 7 N–H and O–H groups in total. The number of phosphoric acid groups is 1. The van der Waals surface area contributed by atoms with Crippen LogP contribution in [0.3, 0.4) is 0 Å². The minimum absolute atomic E-state index is 0.696. The summed E-state index contributed by atoms with van der Waals surface area (Å²) in [4.78, 5) is 49.1. The molecule has 0 saturated carbocycles. The van der Waals surface area contributed by atoms with E-state index in [0.29, 0.717) is 4.57 Å². The summed E-state index contributed by atoms with van der Waals surface area (Å²) in [6, 6.07) is 0.910. The van der Waals surface area contributed by atoms with Gasteiger partial charge in [0.15, 0.2) is 26.0 Å². The van der Waals surface area contributed by atoms with Crippen LogP contribution in [0.15, 0.2) is 21.9 Å². The fourth-order valence-corrected chi connectivity index (χ4v) is 6.03. The molecule has 0 spiro atoms. The van der Waals surface area contributed by atoms with Crippen molar-refractivity contribution in [2.45, 2.75) is 55.0 Å². The number of aromatic amines is 1. The average Bonchev–Trinajstić information content (AvgIpc) is 3.01. The highest BCUT2D eigenvalue weighted by molar-refractivity contribution is 7.63. The largest absolute Gasteiger partial charge is 0.776 e. The molecule has 194 valence electrons. The zero-order valence-corrected chi connectivity index (χ0v) is 18.5. The Kier molecular flexibility index (Phi) is 7.98. The number of nitrogens with zero attached hydrogens (tertiary/aromatic N) is 1. The minimum Gasteiger partial charge on any atom is -0.776 e. The Morgan fingerprint density at radius 1 is 0.971 bits per heavy atom. The molecule has 11 unspecified atom stereocenters. The van der Waals surface area contributed by atoms with Crippen LogP contribution >= 0.6 is 15.4 Å². The van der Waals surface area contributed by atoms with E-state index in [-0.39, 0.29) is 0 Å². The first-order chi connectivity index (χ1) is 15.6. The number of hydrogen-bond acceptors (Lipinski definition) is 16. The number of aromatic nitrogens is 2. The first kappa shape index (κ1) is 27.3. The Hall–Kier alpha value is -1.34. The molecule has 0 radical (unpaired) electrons. The van der Waals surface area contributed by atoms with Crippen molar-refractivity contribution in [2.24, 2.45) is 0 Å². The molecule has 0 amide bonds. The molecule has 3 heterocycles. The van der Waals surface area contributed by atoms with Crippen molar-refractivity contribution in [2.75, 3.05) is 6.61 Å². The maximum Gasteiger partial charge on any atom is 0.330 e. The van der Waals surface area contributed by atoms with Gasteiger partial charge >= 0.3 is 5.69 Å². The maximum absolute atomic E-state index is 12.2. The SMILES string of the molecule is O=c1ccn(C2OC(COP(=O)([O-])OP(=O)([O-])C3OC(O)C(O)C(O)C3O)C(O)C2O)c(=O)[nH]1. The second-order valence-electron chi connectivity index (χ2n) is 7.32. The van der Waals surface area contributed by atoms with Crippen LogP contribution in [0.5, 0.6) is 0 Å². The Morgan fingerprint density at radius 3 is 2.24 bits per heavy atom. The fraction of sp³-hybridized carbons (Fsp3) is 0.714. The van der Waals surface area contributed by atoms with Crippen LogP contribution in [0.1, 0.15) is 6.23 Å². The molecule has 0 bridgehead atoms. The summed E-state index contributed by atoms with van der Waals surface area (Å²) in [7, 11) is -11.6. The van der Waals surface area contributed by atoms with Gasteiger partial charge in [0.2, 0.25) is 0 Å². The average molecular weight is 534 g/mol. The highest BCUT2D eigenvalue weighted by Crippen LogP contribution is 2.59. The monoisotopic (exact) mass is 534 g/mol. The normalized spacial score (nSPS) is 39.9. The standard InChI is InChI=1S/C14H22N2O16P2/c17-5-1-2-16(14(24)15-5)11-8(20)6(18)4(30-11)3-29-34(27,28)32-33(25,26)13-10(22)7(19)9(21)12(23)31-13/h1-2,4,6-13,18-23H,3H2,(H,25,26)(H,27,28)(H,15,17,24)/p-2. The summed E-state index contributed by atoms with van der Waals surface area (Å²) in [6.07, 6.45) is -15.0. The van der Waals surface area contributed by atoms with Crippen LogP contribution in [-0.2, 0) is 27.4 Å². The highest BCUT2D eigenvalue weighted by atomic mass is 31.3. The molecule has 11 atom stereocenters. The van der Waals surface area contributed by atoms with Gasteiger partial charge in [-0.25, -0.2) is 4.79 Å². The lowest BCUT2D eigenvalue weighted by Gasteiger charge is -2.44. The van der Waals surface area contributed by atoms with Crippen molar-refractivity contribution in [3.63, 3.8) is 0 Å². The minimum atomic E-state index is -5.80. The van der Waals surface area contributed by atoms with Crippen LogP contribution in [-0.4, -0.2) is 95.6 Å². The second-order valence-corrected chi connectivity index (χ2v) is 10.7. The van der Waals surface area contributed by atoms with Crippen LogP contribution in [0.2, 0.25) is 0 Å². The first-order valence-electron chi connectivity index (χ1n) is 9.33. The van der Waals surface area contributed by atoms with E-state index in [0.717, 1.165) is 12.3 Å². The molecular weight excluding hydrogens is 514 g/mol. The fourth-order valence-electron chi connectivity index (χ4n) is 3.20. The summed E-state index contributed by atoms with van der Waals surface area (Å²) >= 11 is 0. The quantitative estimate of drug-likeness (QED) is 0.160. The van der Waals surface area contributed by atoms with E-state index in [1.807, 2.05) is 4.98 Å². The van der Waals surface area contributed by atoms with Crippen molar-refractivity contribution < 1.29 is 67.9 Å². The van der Waals surface area contributed by atoms with Gasteiger partial charge in [0.1, 0.15) is 36.6 Å². The number of aliphatic hydroxyl groups is 6. The van der Waals surface area contributed by atoms with Crippen LogP contribution in [0, 0.1) is 0 Å². The van der Waals surface area contributed by atoms with E-state index in [1.54, 1.807) is 0 Å². The van der Waals surface area contributed by atoms with Crippen molar-refractivity contribution >= 4 is 15.4 Å². The molecule has 20 heteroatoms. The molecule has 1 aromatic heterocycles. The summed E-state index contributed by atoms with van der Waals surface area (Å²) < 4.78 is 42.8. The smallest absolute Gasteiger partial charge is 0.330 e. The summed E-state index contributed by atoms with van der Waals surface area (Å²) in [6.45, 7) is -1.12. The van der Waals surface area contributed by atoms with E-state index in [4.69, 9.17) is 4.74 Å². The van der Waals surface area contributed by atoms with E-state index >= 15 is 0 Å². The zero-order valence-electron chi connectivity index (χ0n) is 16.7. The first-order valence-corrected chi connectivity index (χ1v) is 12.4. The lowest BCUT2D eigenvalue weighted by Crippen LogP contribution is -2.58. The van der Waals surface area contributed by atoms with Crippen molar-refractivity contribution in [1.29, 1.82) is 0 Å². The van der Waals surface area contributed by atoms with Crippen LogP contribution < -0.4 is 21.0 Å². The van der Waals surface area contributed by atoms with E-state index in [1.165, 1.54) is 0 Å². The Labute approximate surface area is 188 Å². The molecule has 2 aliphatic heterocycles. The van der Waals surface area contributed by atoms with Gasteiger partial charge in [-0.05, 0) is 0 Å². The van der Waals surface area contributed by atoms with Crippen LogP contribution in [0.25, 0.3) is 0 Å². The zero-order chi connectivity index (χ0) is 25.6. The number of ether oxygens (including phenoxy) is 2. The summed E-state index contributed by atoms with van der Waals surface area (Å²) in [5.41, 5.74) is -1.78. The third-order valence-electron chi connectivity index (χ3n) is 4.95. The van der Waals surface area contributed by atoms with Gasteiger partial charge in [-0.2, -0.15) is 0 Å². The van der Waals surface area contributed by atoms with Crippen molar-refractivity contribution in [3.05, 3.63) is 33.1 Å². The van der Waals surface area contributed by atoms with Gasteiger partial charge in [0.05, 0.1) is 6.61 Å². The Bertz CT molecular complexity index is 1090. The van der Waals surface area contributed by atoms with Crippen molar-refractivity contribution in [3.8, 4) is 0 Å². The molecule has 34 heavy (non-hydrogen) atoms. The van der Waals surface area contributed by atoms with Gasteiger partial charge in [0, 0.05) is 12.3 Å². The van der Waals surface area contributed by atoms with Crippen LogP contribution in [0.4, 0.5) is 0 Å². The van der Waals surface area contributed by atoms with Gasteiger partial charge in [-0.15, -0.1) is 0 Å². The Balaban J connectivity index is 1.66. The number of nitrogens with one attached hydrogen (secondary N) is 1. The van der Waals surface area contributed by atoms with E-state index < -0.39 is 88.3 Å². The summed E-state index contributed by atoms with van der Waals surface area (Å²) in [5, 5.41) is 58.2. The van der Waals surface area contributed by atoms with Gasteiger partial charge in [-0.1, -0.05) is 0 Å². The third-order valence-corrected chi connectivity index (χ3v) is 8.17. The van der Waals surface area contributed by atoms with E-state index in [2.05, 4.69) is 13.6 Å². The van der Waals surface area contributed by atoms with Gasteiger partial charge < -0.3 is 59.0 Å². The highest BCUT2D eigenvalue weighted by Gasteiger charge is 2.49. The lowest BCUT2D eigenvalue weighted by molar-refractivity contribution is -0.287. The number of aliphatic hydroxyl groups excluding tert-OH is 6. The molecule has 2 fully saturated rings. The topological polar surface area (TPSA) is 293 Å². The number of H-pyrrole nitrogens is 1.